The summed E-state index contributed by atoms with van der Waals surface area (Å²) in [5.74, 6) is -0.913. The van der Waals surface area contributed by atoms with Gasteiger partial charge in [0, 0.05) is 6.07 Å². The molecule has 0 aliphatic heterocycles. The second kappa shape index (κ2) is 6.43. The largest absolute Gasteiger partial charge is 0.467 e. The van der Waals surface area contributed by atoms with Gasteiger partial charge in [-0.3, -0.25) is 9.69 Å². The molecule has 1 heterocycles. The number of methoxy groups -OCH3 is 1. The molecular weight excluding hydrogens is 284 g/mol. The van der Waals surface area contributed by atoms with Crippen molar-refractivity contribution >= 4 is 17.6 Å². The highest BCUT2D eigenvalue weighted by Gasteiger charge is 2.32. The number of rotatable bonds is 4. The number of nitrogens with zero attached hydrogens (tertiary/aromatic N) is 2. The first-order valence-corrected chi connectivity index (χ1v) is 6.85. The molecule has 0 saturated carbocycles. The lowest BCUT2D eigenvalue weighted by atomic mass is 10.1. The van der Waals surface area contributed by atoms with Crippen molar-refractivity contribution in [2.45, 2.75) is 26.8 Å². The second-order valence-electron chi connectivity index (χ2n) is 5.00. The van der Waals surface area contributed by atoms with E-state index in [0.29, 0.717) is 5.69 Å². The van der Waals surface area contributed by atoms with E-state index in [1.165, 1.54) is 24.3 Å². The van der Waals surface area contributed by atoms with Crippen LogP contribution in [-0.4, -0.2) is 30.2 Å². The monoisotopic (exact) mass is 302 g/mol. The minimum Gasteiger partial charge on any atom is -0.467 e. The van der Waals surface area contributed by atoms with Gasteiger partial charge in [0.15, 0.2) is 5.69 Å². The maximum Gasteiger partial charge on any atom is 0.328 e. The second-order valence-corrected chi connectivity index (χ2v) is 5.00. The van der Waals surface area contributed by atoms with E-state index >= 15 is 0 Å². The van der Waals surface area contributed by atoms with Gasteiger partial charge in [0.05, 0.1) is 12.8 Å². The number of benzene rings is 1. The zero-order chi connectivity index (χ0) is 16.3. The summed E-state index contributed by atoms with van der Waals surface area (Å²) in [7, 11) is 1.29. The summed E-state index contributed by atoms with van der Waals surface area (Å²) in [6.45, 7) is 5.39. The zero-order valence-electron chi connectivity index (χ0n) is 13.0. The Bertz CT molecular complexity index is 659. The fraction of sp³-hybridized carbons (Fsp3) is 0.312. The van der Waals surface area contributed by atoms with Gasteiger partial charge in [-0.2, -0.15) is 0 Å². The number of amides is 1. The van der Waals surface area contributed by atoms with Gasteiger partial charge in [0.25, 0.3) is 5.91 Å². The number of para-hydroxylation sites is 1. The summed E-state index contributed by atoms with van der Waals surface area (Å²) in [4.78, 5) is 26.1. The summed E-state index contributed by atoms with van der Waals surface area (Å²) in [6.07, 6.45) is 1.32. The van der Waals surface area contributed by atoms with Gasteiger partial charge in [0.2, 0.25) is 0 Å². The quantitative estimate of drug-likeness (QED) is 0.811. The molecule has 1 aromatic heterocycles. The van der Waals surface area contributed by atoms with Gasteiger partial charge in [0.1, 0.15) is 12.3 Å². The molecule has 1 atom stereocenters. The van der Waals surface area contributed by atoms with Crippen molar-refractivity contribution in [3.63, 3.8) is 0 Å². The number of esters is 1. The van der Waals surface area contributed by atoms with Crippen LogP contribution < -0.4 is 4.90 Å². The number of carbonyl (C=O) groups excluding carboxylic acids is 2. The van der Waals surface area contributed by atoms with Crippen molar-refractivity contribution in [2.24, 2.45) is 0 Å². The summed E-state index contributed by atoms with van der Waals surface area (Å²) in [6, 6.07) is 6.35. The molecule has 1 amide bonds. The van der Waals surface area contributed by atoms with Crippen LogP contribution in [-0.2, 0) is 9.53 Å². The van der Waals surface area contributed by atoms with Crippen LogP contribution in [0.15, 0.2) is 35.1 Å². The molecule has 0 bridgehead atoms. The van der Waals surface area contributed by atoms with Crippen molar-refractivity contribution in [3.8, 4) is 0 Å². The molecule has 22 heavy (non-hydrogen) atoms. The first kappa shape index (κ1) is 15.8. The zero-order valence-corrected chi connectivity index (χ0v) is 13.0. The molecule has 0 spiro atoms. The first-order chi connectivity index (χ1) is 10.5. The van der Waals surface area contributed by atoms with Crippen molar-refractivity contribution < 1.29 is 18.8 Å². The number of ether oxygens (including phenoxy) is 1. The molecule has 1 unspecified atom stereocenters. The average Bonchev–Trinajstić information content (AvgIpc) is 3.03. The topological polar surface area (TPSA) is 72.6 Å². The molecule has 116 valence electrons. The SMILES string of the molecule is COC(=O)C(C)N(C(=O)c1ccon1)c1c(C)cccc1C. The highest BCUT2D eigenvalue weighted by Crippen LogP contribution is 2.28. The summed E-state index contributed by atoms with van der Waals surface area (Å²) >= 11 is 0. The number of aryl methyl sites for hydroxylation is 2. The van der Waals surface area contributed by atoms with Gasteiger partial charge >= 0.3 is 5.97 Å². The van der Waals surface area contributed by atoms with E-state index in [9.17, 15) is 9.59 Å². The van der Waals surface area contributed by atoms with Gasteiger partial charge in [-0.1, -0.05) is 23.4 Å². The van der Waals surface area contributed by atoms with Gasteiger partial charge in [-0.25, -0.2) is 4.79 Å². The van der Waals surface area contributed by atoms with Crippen LogP contribution >= 0.6 is 0 Å². The van der Waals surface area contributed by atoms with E-state index in [-0.39, 0.29) is 5.69 Å². The van der Waals surface area contributed by atoms with Crippen molar-refractivity contribution in [2.75, 3.05) is 12.0 Å². The predicted octanol–water partition coefficient (Wildman–Crippen LogP) is 2.50. The fourth-order valence-electron chi connectivity index (χ4n) is 2.38. The lowest BCUT2D eigenvalue weighted by Gasteiger charge is -2.29. The Balaban J connectivity index is 2.55. The molecular formula is C16H18N2O4. The normalized spacial score (nSPS) is 11.8. The number of carbonyl (C=O) groups is 2. The van der Waals surface area contributed by atoms with Crippen molar-refractivity contribution in [1.82, 2.24) is 5.16 Å². The van der Waals surface area contributed by atoms with E-state index < -0.39 is 17.9 Å². The smallest absolute Gasteiger partial charge is 0.328 e. The number of anilines is 1. The average molecular weight is 302 g/mol. The molecule has 0 aliphatic rings. The maximum atomic E-state index is 12.8. The number of hydrogen-bond donors (Lipinski definition) is 0. The van der Waals surface area contributed by atoms with Crippen LogP contribution in [0.1, 0.15) is 28.5 Å². The standard InChI is InChI=1S/C16H18N2O4/c1-10-6-5-7-11(2)14(10)18(12(3)16(20)21-4)15(19)13-8-9-22-17-13/h5-9,12H,1-4H3. The molecule has 0 saturated heterocycles. The van der Waals surface area contributed by atoms with E-state index in [4.69, 9.17) is 9.26 Å². The molecule has 0 aliphatic carbocycles. The maximum absolute atomic E-state index is 12.8. The Hall–Kier alpha value is -2.63. The van der Waals surface area contributed by atoms with E-state index in [1.807, 2.05) is 32.0 Å². The molecule has 2 rings (SSSR count). The van der Waals surface area contributed by atoms with E-state index in [1.54, 1.807) is 6.92 Å². The van der Waals surface area contributed by atoms with E-state index in [0.717, 1.165) is 11.1 Å². The lowest BCUT2D eigenvalue weighted by Crippen LogP contribution is -2.45. The Morgan fingerprint density at radius 2 is 1.86 bits per heavy atom. The third kappa shape index (κ3) is 2.86. The highest BCUT2D eigenvalue weighted by atomic mass is 16.5. The Morgan fingerprint density at radius 3 is 2.36 bits per heavy atom. The lowest BCUT2D eigenvalue weighted by molar-refractivity contribution is -0.141. The molecule has 6 nitrogen and oxygen atoms in total. The van der Waals surface area contributed by atoms with Crippen LogP contribution in [0.5, 0.6) is 0 Å². The van der Waals surface area contributed by atoms with Crippen LogP contribution in [0, 0.1) is 13.8 Å². The van der Waals surface area contributed by atoms with Gasteiger partial charge in [-0.05, 0) is 31.9 Å². The Labute approximate surface area is 128 Å². The molecule has 1 aromatic carbocycles. The van der Waals surface area contributed by atoms with Crippen molar-refractivity contribution in [1.29, 1.82) is 0 Å². The molecule has 0 radical (unpaired) electrons. The molecule has 2 aromatic rings. The summed E-state index contributed by atoms with van der Waals surface area (Å²) < 4.78 is 9.52. The molecule has 0 N–H and O–H groups in total. The summed E-state index contributed by atoms with van der Waals surface area (Å²) in [5.41, 5.74) is 2.58. The Kier molecular flexibility index (Phi) is 4.60. The minimum atomic E-state index is -0.783. The third-order valence-corrected chi connectivity index (χ3v) is 3.49. The first-order valence-electron chi connectivity index (χ1n) is 6.85. The van der Waals surface area contributed by atoms with Gasteiger partial charge < -0.3 is 9.26 Å². The van der Waals surface area contributed by atoms with Crippen LogP contribution in [0.2, 0.25) is 0 Å². The number of hydrogen-bond acceptors (Lipinski definition) is 5. The minimum absolute atomic E-state index is 0.137. The molecule has 0 fully saturated rings. The van der Waals surface area contributed by atoms with Crippen LogP contribution in [0.3, 0.4) is 0 Å². The van der Waals surface area contributed by atoms with E-state index in [2.05, 4.69) is 5.16 Å². The highest BCUT2D eigenvalue weighted by molar-refractivity contribution is 6.08. The van der Waals surface area contributed by atoms with Crippen LogP contribution in [0.25, 0.3) is 0 Å². The van der Waals surface area contributed by atoms with Crippen LogP contribution in [0.4, 0.5) is 5.69 Å². The fourth-order valence-corrected chi connectivity index (χ4v) is 2.38. The van der Waals surface area contributed by atoms with Gasteiger partial charge in [-0.15, -0.1) is 0 Å². The molecule has 6 heteroatoms. The Morgan fingerprint density at radius 1 is 1.23 bits per heavy atom. The number of aromatic nitrogens is 1. The third-order valence-electron chi connectivity index (χ3n) is 3.49. The summed E-state index contributed by atoms with van der Waals surface area (Å²) in [5, 5.41) is 3.67. The predicted molar refractivity (Wildman–Crippen MR) is 80.7 cm³/mol. The van der Waals surface area contributed by atoms with Crippen molar-refractivity contribution in [3.05, 3.63) is 47.3 Å².